The van der Waals surface area contributed by atoms with Crippen molar-refractivity contribution in [3.63, 3.8) is 0 Å². The van der Waals surface area contributed by atoms with Crippen molar-refractivity contribution in [2.75, 3.05) is 11.9 Å². The molecule has 0 bridgehead atoms. The number of carbonyl (C=O) groups is 1. The van der Waals surface area contributed by atoms with Crippen LogP contribution < -0.4 is 16.7 Å². The highest BCUT2D eigenvalue weighted by atomic mass is 16.6. The quantitative estimate of drug-likeness (QED) is 0.397. The van der Waals surface area contributed by atoms with Gasteiger partial charge in [0.15, 0.2) is 6.23 Å². The van der Waals surface area contributed by atoms with E-state index < -0.39 is 36.8 Å². The number of aliphatic hydroxyl groups excluding tert-OH is 3. The van der Waals surface area contributed by atoms with Crippen molar-refractivity contribution < 1.29 is 24.9 Å². The van der Waals surface area contributed by atoms with Crippen LogP contribution >= 0.6 is 0 Å². The van der Waals surface area contributed by atoms with E-state index in [1.54, 1.807) is 6.92 Å². The largest absolute Gasteiger partial charge is 0.394 e. The minimum Gasteiger partial charge on any atom is -0.394 e. The van der Waals surface area contributed by atoms with Crippen LogP contribution in [0.25, 0.3) is 0 Å². The van der Waals surface area contributed by atoms with Crippen molar-refractivity contribution in [3.8, 4) is 0 Å². The number of rotatable bonds is 5. The van der Waals surface area contributed by atoms with E-state index in [0.717, 1.165) is 4.57 Å². The maximum atomic E-state index is 12.0. The SMILES string of the molecule is C[C@@H](N)CC(=O)Nc1ccn([C@@H]2O[C@H](CO)C(O)[C@H]2O)c(=O)n1. The van der Waals surface area contributed by atoms with E-state index in [2.05, 4.69) is 10.3 Å². The van der Waals surface area contributed by atoms with Crippen molar-refractivity contribution in [2.24, 2.45) is 5.73 Å². The van der Waals surface area contributed by atoms with Crippen LogP contribution in [0.4, 0.5) is 5.82 Å². The van der Waals surface area contributed by atoms with Crippen LogP contribution in [0, 0.1) is 0 Å². The zero-order valence-corrected chi connectivity index (χ0v) is 12.5. The molecular weight excluding hydrogens is 308 g/mol. The van der Waals surface area contributed by atoms with Gasteiger partial charge in [0.25, 0.3) is 0 Å². The average molecular weight is 328 g/mol. The van der Waals surface area contributed by atoms with Crippen LogP contribution in [0.5, 0.6) is 0 Å². The molecule has 0 aromatic carbocycles. The molecular formula is C13H20N4O6. The smallest absolute Gasteiger partial charge is 0.351 e. The lowest BCUT2D eigenvalue weighted by Crippen LogP contribution is -2.36. The van der Waals surface area contributed by atoms with Crippen molar-refractivity contribution in [2.45, 2.75) is 43.9 Å². The van der Waals surface area contributed by atoms with Crippen LogP contribution in [0.1, 0.15) is 19.6 Å². The lowest BCUT2D eigenvalue weighted by atomic mass is 10.1. The topological polar surface area (TPSA) is 160 Å². The first-order valence-electron chi connectivity index (χ1n) is 7.10. The Balaban J connectivity index is 2.14. The van der Waals surface area contributed by atoms with Crippen molar-refractivity contribution in [3.05, 3.63) is 22.7 Å². The first kappa shape index (κ1) is 17.5. The molecule has 2 rings (SSSR count). The summed E-state index contributed by atoms with van der Waals surface area (Å²) in [4.78, 5) is 27.3. The van der Waals surface area contributed by atoms with Gasteiger partial charge in [-0.25, -0.2) is 4.79 Å². The number of ether oxygens (including phenoxy) is 1. The molecule has 1 aromatic rings. The number of aliphatic hydroxyl groups is 3. The Morgan fingerprint density at radius 2 is 2.22 bits per heavy atom. The molecule has 5 atom stereocenters. The molecule has 1 unspecified atom stereocenters. The zero-order chi connectivity index (χ0) is 17.1. The fraction of sp³-hybridized carbons (Fsp3) is 0.615. The Bertz CT molecular complexity index is 619. The van der Waals surface area contributed by atoms with E-state index in [-0.39, 0.29) is 24.2 Å². The van der Waals surface area contributed by atoms with Crippen molar-refractivity contribution in [1.82, 2.24) is 9.55 Å². The first-order valence-corrected chi connectivity index (χ1v) is 7.10. The van der Waals surface area contributed by atoms with Crippen molar-refractivity contribution in [1.29, 1.82) is 0 Å². The monoisotopic (exact) mass is 328 g/mol. The highest BCUT2D eigenvalue weighted by molar-refractivity contribution is 5.89. The van der Waals surface area contributed by atoms with Gasteiger partial charge in [0, 0.05) is 18.7 Å². The molecule has 10 heteroatoms. The van der Waals surface area contributed by atoms with E-state index in [0.29, 0.717) is 0 Å². The molecule has 0 spiro atoms. The zero-order valence-electron chi connectivity index (χ0n) is 12.5. The number of anilines is 1. The molecule has 6 N–H and O–H groups in total. The molecule has 23 heavy (non-hydrogen) atoms. The Morgan fingerprint density at radius 3 is 2.74 bits per heavy atom. The second-order valence-corrected chi connectivity index (χ2v) is 5.46. The predicted molar refractivity (Wildman–Crippen MR) is 78.4 cm³/mol. The Hall–Kier alpha value is -1.85. The van der Waals surface area contributed by atoms with Gasteiger partial charge in [0.05, 0.1) is 6.61 Å². The third-order valence-electron chi connectivity index (χ3n) is 3.40. The highest BCUT2D eigenvalue weighted by Crippen LogP contribution is 2.28. The fourth-order valence-electron chi connectivity index (χ4n) is 2.27. The summed E-state index contributed by atoms with van der Waals surface area (Å²) in [5, 5.41) is 31.1. The number of carbonyl (C=O) groups excluding carboxylic acids is 1. The minimum absolute atomic E-state index is 0.0450. The van der Waals surface area contributed by atoms with E-state index in [1.165, 1.54) is 12.3 Å². The summed E-state index contributed by atoms with van der Waals surface area (Å²) in [6, 6.07) is 1.03. The lowest BCUT2D eigenvalue weighted by molar-refractivity contribution is -0.116. The molecule has 1 amide bonds. The number of hydrogen-bond acceptors (Lipinski definition) is 8. The van der Waals surface area contributed by atoms with E-state index in [9.17, 15) is 19.8 Å². The van der Waals surface area contributed by atoms with Gasteiger partial charge in [-0.2, -0.15) is 4.98 Å². The van der Waals surface area contributed by atoms with E-state index >= 15 is 0 Å². The first-order chi connectivity index (χ1) is 10.8. The Kier molecular flexibility index (Phi) is 5.44. The normalized spacial score (nSPS) is 28.6. The molecule has 1 aliphatic heterocycles. The molecule has 0 saturated carbocycles. The Labute approximate surface area is 131 Å². The number of hydrogen-bond donors (Lipinski definition) is 5. The summed E-state index contributed by atoms with van der Waals surface area (Å²) in [7, 11) is 0. The molecule has 0 aliphatic carbocycles. The number of nitrogens with two attached hydrogens (primary N) is 1. The van der Waals surface area contributed by atoms with Crippen LogP contribution in [0.2, 0.25) is 0 Å². The summed E-state index contributed by atoms with van der Waals surface area (Å²) >= 11 is 0. The van der Waals surface area contributed by atoms with Gasteiger partial charge in [0.2, 0.25) is 5.91 Å². The molecule has 2 heterocycles. The maximum absolute atomic E-state index is 12.0. The summed E-state index contributed by atoms with van der Waals surface area (Å²) < 4.78 is 6.22. The summed E-state index contributed by atoms with van der Waals surface area (Å²) in [6.07, 6.45) is -3.51. The lowest BCUT2D eigenvalue weighted by Gasteiger charge is -2.17. The average Bonchev–Trinajstić information content (AvgIpc) is 2.74. The van der Waals surface area contributed by atoms with Gasteiger partial charge in [-0.05, 0) is 13.0 Å². The van der Waals surface area contributed by atoms with Gasteiger partial charge in [-0.1, -0.05) is 0 Å². The van der Waals surface area contributed by atoms with E-state index in [1.807, 2.05) is 0 Å². The van der Waals surface area contributed by atoms with Gasteiger partial charge in [-0.15, -0.1) is 0 Å². The predicted octanol–water partition coefficient (Wildman–Crippen LogP) is -2.47. The van der Waals surface area contributed by atoms with Gasteiger partial charge >= 0.3 is 5.69 Å². The third-order valence-corrected chi connectivity index (χ3v) is 3.40. The molecule has 1 aromatic heterocycles. The van der Waals surface area contributed by atoms with Gasteiger partial charge < -0.3 is 31.1 Å². The molecule has 1 aliphatic rings. The molecule has 1 fully saturated rings. The van der Waals surface area contributed by atoms with Crippen LogP contribution in [-0.2, 0) is 9.53 Å². The minimum atomic E-state index is -1.38. The number of nitrogens with zero attached hydrogens (tertiary/aromatic N) is 2. The Morgan fingerprint density at radius 1 is 1.52 bits per heavy atom. The standard InChI is InChI=1S/C13H20N4O6/c1-6(14)4-9(19)15-8-2-3-17(13(22)16-8)12-11(21)10(20)7(5-18)23-12/h2-3,6-7,10-12,18,20-21H,4-5,14H2,1H3,(H,15,16,19,22)/t6-,7-,10?,11-,12-/m1/s1. The fourth-order valence-corrected chi connectivity index (χ4v) is 2.27. The second kappa shape index (κ2) is 7.15. The van der Waals surface area contributed by atoms with Gasteiger partial charge in [0.1, 0.15) is 24.1 Å². The number of amides is 1. The molecule has 128 valence electrons. The summed E-state index contributed by atoms with van der Waals surface area (Å²) in [5.41, 5.74) is 4.72. The summed E-state index contributed by atoms with van der Waals surface area (Å²) in [6.45, 7) is 1.18. The highest BCUT2D eigenvalue weighted by Gasteiger charge is 2.43. The van der Waals surface area contributed by atoms with E-state index in [4.69, 9.17) is 15.6 Å². The molecule has 1 saturated heterocycles. The van der Waals surface area contributed by atoms with Crippen LogP contribution in [0.15, 0.2) is 17.1 Å². The van der Waals surface area contributed by atoms with Crippen molar-refractivity contribution >= 4 is 11.7 Å². The number of aromatic nitrogens is 2. The summed E-state index contributed by atoms with van der Waals surface area (Å²) in [5.74, 6) is -0.332. The molecule has 10 nitrogen and oxygen atoms in total. The molecule has 0 radical (unpaired) electrons. The van der Waals surface area contributed by atoms with Crippen LogP contribution in [0.3, 0.4) is 0 Å². The number of nitrogens with one attached hydrogen (secondary N) is 1. The maximum Gasteiger partial charge on any atom is 0.351 e. The van der Waals surface area contributed by atoms with Gasteiger partial charge in [-0.3, -0.25) is 9.36 Å². The second-order valence-electron chi connectivity index (χ2n) is 5.46. The van der Waals surface area contributed by atoms with Crippen LogP contribution in [-0.4, -0.2) is 61.7 Å². The third kappa shape index (κ3) is 3.92.